The minimum Gasteiger partial charge on any atom is -0.352 e. The minimum atomic E-state index is -0.0958. The molecule has 0 saturated carbocycles. The molecule has 2 heterocycles. The molecule has 22 heavy (non-hydrogen) atoms. The van der Waals surface area contributed by atoms with E-state index in [1.54, 1.807) is 24.5 Å². The third-order valence-electron chi connectivity index (χ3n) is 3.29. The number of hydrogen-bond donors (Lipinski definition) is 2. The number of carbonyl (C=O) groups is 1. The molecule has 0 aliphatic heterocycles. The standard InChI is InChI=1S/C16H16N4O.ClH/c1-11-19-14-5-4-12(9-15(14)20-11)6-8-18-16(21)13-3-2-7-17-10-13;/h2-5,7,9-10H,6,8H2,1H3,(H,18,21)(H,19,20);1H. The minimum absolute atomic E-state index is 0. The number of aryl methyl sites for hydroxylation is 1. The van der Waals surface area contributed by atoms with Crippen LogP contribution < -0.4 is 5.32 Å². The number of rotatable bonds is 4. The Hall–Kier alpha value is -2.40. The molecule has 2 aromatic heterocycles. The number of nitrogens with one attached hydrogen (secondary N) is 2. The molecule has 0 aliphatic rings. The van der Waals surface area contributed by atoms with Gasteiger partial charge in [-0.3, -0.25) is 9.78 Å². The number of halogens is 1. The number of nitrogens with zero attached hydrogens (tertiary/aromatic N) is 2. The fourth-order valence-corrected chi connectivity index (χ4v) is 2.26. The van der Waals surface area contributed by atoms with Crippen LogP contribution in [0, 0.1) is 6.92 Å². The van der Waals surface area contributed by atoms with Crippen LogP contribution in [-0.2, 0) is 6.42 Å². The molecule has 0 radical (unpaired) electrons. The van der Waals surface area contributed by atoms with Crippen molar-refractivity contribution in [2.75, 3.05) is 6.54 Å². The van der Waals surface area contributed by atoms with E-state index in [0.29, 0.717) is 12.1 Å². The molecule has 1 aromatic carbocycles. The van der Waals surface area contributed by atoms with Gasteiger partial charge in [-0.2, -0.15) is 0 Å². The zero-order valence-corrected chi connectivity index (χ0v) is 13.0. The van der Waals surface area contributed by atoms with Gasteiger partial charge in [-0.1, -0.05) is 6.07 Å². The van der Waals surface area contributed by atoms with E-state index in [-0.39, 0.29) is 18.3 Å². The van der Waals surface area contributed by atoms with Crippen LogP contribution >= 0.6 is 12.4 Å². The Morgan fingerprint density at radius 3 is 2.95 bits per heavy atom. The summed E-state index contributed by atoms with van der Waals surface area (Å²) >= 11 is 0. The molecular formula is C16H17ClN4O. The number of imidazole rings is 1. The average molecular weight is 317 g/mol. The summed E-state index contributed by atoms with van der Waals surface area (Å²) in [7, 11) is 0. The molecule has 0 saturated heterocycles. The van der Waals surface area contributed by atoms with Crippen molar-refractivity contribution in [2.24, 2.45) is 0 Å². The van der Waals surface area contributed by atoms with Crippen molar-refractivity contribution in [1.29, 1.82) is 0 Å². The van der Waals surface area contributed by atoms with Crippen molar-refractivity contribution in [3.8, 4) is 0 Å². The largest absolute Gasteiger partial charge is 0.352 e. The highest BCUT2D eigenvalue weighted by molar-refractivity contribution is 5.93. The predicted molar refractivity (Wildman–Crippen MR) is 88.4 cm³/mol. The first-order valence-electron chi connectivity index (χ1n) is 6.86. The molecule has 114 valence electrons. The Morgan fingerprint density at radius 2 is 2.18 bits per heavy atom. The fourth-order valence-electron chi connectivity index (χ4n) is 2.26. The number of H-pyrrole nitrogens is 1. The third-order valence-corrected chi connectivity index (χ3v) is 3.29. The summed E-state index contributed by atoms with van der Waals surface area (Å²) in [5.74, 6) is 0.814. The normalized spacial score (nSPS) is 10.2. The number of aromatic amines is 1. The number of carbonyl (C=O) groups excluding carboxylic acids is 1. The lowest BCUT2D eigenvalue weighted by atomic mass is 10.1. The second kappa shape index (κ2) is 7.04. The second-order valence-electron chi connectivity index (χ2n) is 4.92. The summed E-state index contributed by atoms with van der Waals surface area (Å²) in [5, 5.41) is 2.90. The van der Waals surface area contributed by atoms with Crippen LogP contribution in [0.25, 0.3) is 11.0 Å². The van der Waals surface area contributed by atoms with E-state index in [0.717, 1.165) is 28.8 Å². The van der Waals surface area contributed by atoms with E-state index >= 15 is 0 Å². The Labute approximate surface area is 134 Å². The van der Waals surface area contributed by atoms with Crippen LogP contribution in [0.2, 0.25) is 0 Å². The third kappa shape index (κ3) is 3.62. The lowest BCUT2D eigenvalue weighted by Crippen LogP contribution is -2.25. The number of fused-ring (bicyclic) bond motifs is 1. The van der Waals surface area contributed by atoms with Crippen LogP contribution in [0.5, 0.6) is 0 Å². The molecule has 3 aromatic rings. The molecular weight excluding hydrogens is 300 g/mol. The van der Waals surface area contributed by atoms with Crippen molar-refractivity contribution < 1.29 is 4.79 Å². The molecule has 0 aliphatic carbocycles. The van der Waals surface area contributed by atoms with Gasteiger partial charge in [-0.15, -0.1) is 12.4 Å². The lowest BCUT2D eigenvalue weighted by molar-refractivity contribution is 0.0954. The van der Waals surface area contributed by atoms with Crippen molar-refractivity contribution >= 4 is 29.3 Å². The Morgan fingerprint density at radius 1 is 1.32 bits per heavy atom. The molecule has 0 fully saturated rings. The maximum absolute atomic E-state index is 11.9. The zero-order valence-electron chi connectivity index (χ0n) is 12.2. The van der Waals surface area contributed by atoms with Gasteiger partial charge in [0.1, 0.15) is 5.82 Å². The smallest absolute Gasteiger partial charge is 0.252 e. The number of benzene rings is 1. The van der Waals surface area contributed by atoms with Crippen LogP contribution in [0.4, 0.5) is 0 Å². The SMILES string of the molecule is Cc1nc2ccc(CCNC(=O)c3cccnc3)cc2[nH]1.Cl. The van der Waals surface area contributed by atoms with Gasteiger partial charge >= 0.3 is 0 Å². The molecule has 1 amide bonds. The van der Waals surface area contributed by atoms with E-state index in [9.17, 15) is 4.79 Å². The summed E-state index contributed by atoms with van der Waals surface area (Å²) in [6.07, 6.45) is 3.99. The number of pyridine rings is 1. The lowest BCUT2D eigenvalue weighted by Gasteiger charge is -2.05. The van der Waals surface area contributed by atoms with Crippen molar-refractivity contribution in [1.82, 2.24) is 20.3 Å². The van der Waals surface area contributed by atoms with E-state index < -0.39 is 0 Å². The van der Waals surface area contributed by atoms with Gasteiger partial charge in [-0.05, 0) is 43.2 Å². The number of aromatic nitrogens is 3. The highest BCUT2D eigenvalue weighted by Crippen LogP contribution is 2.13. The summed E-state index contributed by atoms with van der Waals surface area (Å²) in [5.41, 5.74) is 3.74. The maximum atomic E-state index is 11.9. The van der Waals surface area contributed by atoms with Gasteiger partial charge in [0, 0.05) is 18.9 Å². The quantitative estimate of drug-likeness (QED) is 0.777. The van der Waals surface area contributed by atoms with Crippen LogP contribution in [0.1, 0.15) is 21.7 Å². The Bertz CT molecular complexity index is 770. The molecule has 6 heteroatoms. The van der Waals surface area contributed by atoms with Gasteiger partial charge in [0.25, 0.3) is 5.91 Å². The van der Waals surface area contributed by atoms with E-state index in [2.05, 4.69) is 26.3 Å². The average Bonchev–Trinajstić information content (AvgIpc) is 2.87. The molecule has 0 atom stereocenters. The zero-order chi connectivity index (χ0) is 14.7. The predicted octanol–water partition coefficient (Wildman–Crippen LogP) is 2.66. The summed E-state index contributed by atoms with van der Waals surface area (Å²) in [6, 6.07) is 9.62. The number of hydrogen-bond acceptors (Lipinski definition) is 3. The molecule has 0 bridgehead atoms. The van der Waals surface area contributed by atoms with E-state index in [1.807, 2.05) is 19.1 Å². The first-order valence-corrected chi connectivity index (χ1v) is 6.86. The van der Waals surface area contributed by atoms with E-state index in [1.165, 1.54) is 0 Å². The summed E-state index contributed by atoms with van der Waals surface area (Å²) in [6.45, 7) is 2.53. The van der Waals surface area contributed by atoms with Gasteiger partial charge in [0.15, 0.2) is 0 Å². The highest BCUT2D eigenvalue weighted by atomic mass is 35.5. The topological polar surface area (TPSA) is 70.7 Å². The number of amides is 1. The van der Waals surface area contributed by atoms with Gasteiger partial charge < -0.3 is 10.3 Å². The van der Waals surface area contributed by atoms with Crippen LogP contribution in [0.15, 0.2) is 42.7 Å². The molecule has 2 N–H and O–H groups in total. The summed E-state index contributed by atoms with van der Waals surface area (Å²) < 4.78 is 0. The van der Waals surface area contributed by atoms with Gasteiger partial charge in [0.05, 0.1) is 16.6 Å². The Kier molecular flexibility index (Phi) is 5.12. The maximum Gasteiger partial charge on any atom is 0.252 e. The summed E-state index contributed by atoms with van der Waals surface area (Å²) in [4.78, 5) is 23.4. The molecule has 3 rings (SSSR count). The molecule has 5 nitrogen and oxygen atoms in total. The van der Waals surface area contributed by atoms with Crippen molar-refractivity contribution in [3.63, 3.8) is 0 Å². The Balaban J connectivity index is 0.00000176. The van der Waals surface area contributed by atoms with Crippen molar-refractivity contribution in [2.45, 2.75) is 13.3 Å². The van der Waals surface area contributed by atoms with Crippen LogP contribution in [-0.4, -0.2) is 27.4 Å². The molecule has 0 unspecified atom stereocenters. The highest BCUT2D eigenvalue weighted by Gasteiger charge is 2.05. The van der Waals surface area contributed by atoms with Gasteiger partial charge in [-0.25, -0.2) is 4.98 Å². The fraction of sp³-hybridized carbons (Fsp3) is 0.188. The van der Waals surface area contributed by atoms with E-state index in [4.69, 9.17) is 0 Å². The van der Waals surface area contributed by atoms with Crippen LogP contribution in [0.3, 0.4) is 0 Å². The van der Waals surface area contributed by atoms with Crippen molar-refractivity contribution in [3.05, 3.63) is 59.7 Å². The first-order chi connectivity index (χ1) is 10.2. The first kappa shape index (κ1) is 16.0. The van der Waals surface area contributed by atoms with Gasteiger partial charge in [0.2, 0.25) is 0 Å². The molecule has 0 spiro atoms. The second-order valence-corrected chi connectivity index (χ2v) is 4.92. The monoisotopic (exact) mass is 316 g/mol.